The number of aliphatic hydroxyl groups is 1. The van der Waals surface area contributed by atoms with E-state index in [1.807, 2.05) is 0 Å². The number of hydrogen-bond donors (Lipinski definition) is 3. The topological polar surface area (TPSA) is 165 Å². The van der Waals surface area contributed by atoms with Gasteiger partial charge in [0.05, 0.1) is 25.6 Å². The normalized spacial score (nSPS) is 16.9. The molecule has 0 spiro atoms. The number of aromatic nitrogens is 4. The van der Waals surface area contributed by atoms with Crippen molar-refractivity contribution in [2.24, 2.45) is 0 Å². The molecule has 41 heavy (non-hydrogen) atoms. The number of nitrogens with zero attached hydrogens (tertiary/aromatic N) is 4. The van der Waals surface area contributed by atoms with Crippen molar-refractivity contribution in [3.05, 3.63) is 36.7 Å². The van der Waals surface area contributed by atoms with E-state index < -0.39 is 43.3 Å². The van der Waals surface area contributed by atoms with Gasteiger partial charge in [0.1, 0.15) is 24.0 Å². The summed E-state index contributed by atoms with van der Waals surface area (Å²) in [4.78, 5) is 24.7. The number of hydrogen-bond acceptors (Lipinski definition) is 12. The second-order valence-corrected chi connectivity index (χ2v) is 12.5. The number of anilines is 1. The summed E-state index contributed by atoms with van der Waals surface area (Å²) in [7, 11) is 1.28. The Bertz CT molecular complexity index is 1360. The van der Waals surface area contributed by atoms with Gasteiger partial charge in [-0.3, -0.25) is 9.36 Å². The Morgan fingerprint density at radius 2 is 1.95 bits per heavy atom. The number of para-hydroxylation sites is 1. The monoisotopic (exact) mass is 614 g/mol. The fourth-order valence-corrected chi connectivity index (χ4v) is 6.14. The maximum absolute atomic E-state index is 16.3. The first kappa shape index (κ1) is 32.6. The van der Waals surface area contributed by atoms with E-state index in [9.17, 15) is 9.90 Å². The largest absolute Gasteiger partial charge is 0.476 e. The Balaban J connectivity index is 1.85. The average Bonchev–Trinajstić information content (AvgIpc) is 3.34. The molecule has 0 saturated heterocycles. The number of benzene rings is 1. The molecular weight excluding hydrogens is 578 g/mol. The van der Waals surface area contributed by atoms with E-state index in [1.54, 1.807) is 58.0 Å². The summed E-state index contributed by atoms with van der Waals surface area (Å²) >= 11 is 5.69. The smallest absolute Gasteiger partial charge is 0.323 e. The van der Waals surface area contributed by atoms with Crippen molar-refractivity contribution in [2.75, 3.05) is 26.1 Å². The van der Waals surface area contributed by atoms with Gasteiger partial charge in [-0.2, -0.15) is 9.97 Å². The zero-order valence-corrected chi connectivity index (χ0v) is 25.4. The third kappa shape index (κ3) is 8.09. The standard InChI is InChI=1S/C25H36FN6O7PS/c1-7-36-22-19-21(29-24(27)30-22)32(14-28-19)25(5,26)20(33)18(35-6)13-37-40(41,39-17-11-9-8-10-12-17)31-16(4)23(34)38-15(2)3/h8-12,14-16,18,20,33H,7,13H2,1-6H3,(H,31,41)(H2,27,29,30)/t16-,18-,20-,25?,40+/m1/s1. The number of aliphatic hydroxyl groups excluding tert-OH is 1. The van der Waals surface area contributed by atoms with Crippen LogP contribution in [0.1, 0.15) is 34.6 Å². The molecule has 3 rings (SSSR count). The van der Waals surface area contributed by atoms with E-state index >= 15 is 4.39 Å². The van der Waals surface area contributed by atoms with Crippen LogP contribution in [0.2, 0.25) is 0 Å². The molecule has 1 unspecified atom stereocenters. The van der Waals surface area contributed by atoms with Gasteiger partial charge in [-0.15, -0.1) is 0 Å². The van der Waals surface area contributed by atoms with Crippen LogP contribution in [-0.2, 0) is 36.4 Å². The number of methoxy groups -OCH3 is 1. The molecule has 3 aromatic rings. The van der Waals surface area contributed by atoms with Gasteiger partial charge in [-0.1, -0.05) is 18.2 Å². The Hall–Kier alpha value is -2.94. The predicted octanol–water partition coefficient (Wildman–Crippen LogP) is 3.08. The lowest BCUT2D eigenvalue weighted by Crippen LogP contribution is -2.48. The molecule has 0 aliphatic heterocycles. The van der Waals surface area contributed by atoms with Gasteiger partial charge in [-0.05, 0) is 58.6 Å². The number of nitrogens with one attached hydrogen (secondary N) is 1. The van der Waals surface area contributed by atoms with Crippen LogP contribution >= 0.6 is 6.64 Å². The van der Waals surface area contributed by atoms with Gasteiger partial charge in [0.2, 0.25) is 17.6 Å². The molecule has 5 atom stereocenters. The Labute approximate surface area is 242 Å². The van der Waals surface area contributed by atoms with Gasteiger partial charge in [0.15, 0.2) is 11.2 Å². The average molecular weight is 615 g/mol. The van der Waals surface area contributed by atoms with Gasteiger partial charge < -0.3 is 34.1 Å². The number of carbonyl (C=O) groups is 1. The van der Waals surface area contributed by atoms with Gasteiger partial charge in [-0.25, -0.2) is 14.5 Å². The number of ether oxygens (including phenoxy) is 3. The quantitative estimate of drug-likeness (QED) is 0.169. The fourth-order valence-electron chi connectivity index (χ4n) is 3.72. The lowest BCUT2D eigenvalue weighted by molar-refractivity contribution is -0.149. The number of carbonyl (C=O) groups excluding carboxylic acids is 1. The Kier molecular flexibility index (Phi) is 11.0. The number of imidazole rings is 1. The Morgan fingerprint density at radius 3 is 2.56 bits per heavy atom. The number of alkyl halides is 1. The molecule has 0 saturated carbocycles. The zero-order valence-electron chi connectivity index (χ0n) is 23.7. The number of fused-ring (bicyclic) bond motifs is 1. The van der Waals surface area contributed by atoms with Crippen molar-refractivity contribution >= 4 is 41.5 Å². The molecule has 0 radical (unpaired) electrons. The lowest BCUT2D eigenvalue weighted by atomic mass is 10.0. The zero-order chi connectivity index (χ0) is 30.4. The van der Waals surface area contributed by atoms with Crippen LogP contribution in [0.4, 0.5) is 10.3 Å². The highest BCUT2D eigenvalue weighted by Crippen LogP contribution is 2.46. The maximum Gasteiger partial charge on any atom is 0.323 e. The highest BCUT2D eigenvalue weighted by molar-refractivity contribution is 8.09. The van der Waals surface area contributed by atoms with Crippen LogP contribution in [0.5, 0.6) is 11.6 Å². The second-order valence-electron chi connectivity index (χ2n) is 9.38. The van der Waals surface area contributed by atoms with Crippen molar-refractivity contribution < 1.29 is 37.5 Å². The van der Waals surface area contributed by atoms with Gasteiger partial charge >= 0.3 is 12.6 Å². The summed E-state index contributed by atoms with van der Waals surface area (Å²) in [6, 6.07) is 7.71. The van der Waals surface area contributed by atoms with Crippen LogP contribution in [0, 0.1) is 0 Å². The minimum absolute atomic E-state index is 0.0115. The number of esters is 1. The van der Waals surface area contributed by atoms with E-state index in [1.165, 1.54) is 7.11 Å². The molecule has 0 aliphatic carbocycles. The molecule has 0 amide bonds. The molecule has 0 aliphatic rings. The van der Waals surface area contributed by atoms with Crippen LogP contribution in [0.25, 0.3) is 11.2 Å². The molecular formula is C25H36FN6O7PS. The van der Waals surface area contributed by atoms with E-state index in [0.717, 1.165) is 17.8 Å². The Morgan fingerprint density at radius 1 is 1.27 bits per heavy atom. The van der Waals surface area contributed by atoms with Gasteiger partial charge in [0, 0.05) is 7.11 Å². The first-order valence-electron chi connectivity index (χ1n) is 12.8. The minimum atomic E-state index is -3.48. The molecule has 1 aromatic carbocycles. The second kappa shape index (κ2) is 13.8. The van der Waals surface area contributed by atoms with E-state index in [4.69, 9.17) is 40.8 Å². The van der Waals surface area contributed by atoms with E-state index in [2.05, 4.69) is 20.0 Å². The first-order chi connectivity index (χ1) is 19.3. The van der Waals surface area contributed by atoms with Crippen LogP contribution in [-0.4, -0.2) is 75.3 Å². The summed E-state index contributed by atoms with van der Waals surface area (Å²) in [5.41, 5.74) is 5.98. The summed E-state index contributed by atoms with van der Waals surface area (Å²) in [6.45, 7) is 4.26. The number of rotatable bonds is 15. The van der Waals surface area contributed by atoms with Crippen LogP contribution in [0.3, 0.4) is 0 Å². The SMILES string of the molecule is CCOc1nc(N)nc2c1ncn2C(C)(F)[C@H](O)[C@@H](CO[P@@](=S)(N[C@H](C)C(=O)OC(C)C)Oc1ccccc1)OC. The van der Waals surface area contributed by atoms with Crippen molar-refractivity contribution in [1.29, 1.82) is 0 Å². The summed E-state index contributed by atoms with van der Waals surface area (Å²) < 4.78 is 45.4. The molecule has 16 heteroatoms. The molecule has 0 fully saturated rings. The van der Waals surface area contributed by atoms with Crippen molar-refractivity contribution in [1.82, 2.24) is 24.6 Å². The molecule has 13 nitrogen and oxygen atoms in total. The fraction of sp³-hybridized carbons (Fsp3) is 0.520. The molecule has 0 bridgehead atoms. The summed E-state index contributed by atoms with van der Waals surface area (Å²) in [5.74, 6) is -2.78. The molecule has 2 heterocycles. The molecule has 2 aromatic heterocycles. The summed E-state index contributed by atoms with van der Waals surface area (Å²) in [6.07, 6.45) is -2.26. The maximum atomic E-state index is 16.3. The van der Waals surface area contributed by atoms with Gasteiger partial charge in [0.25, 0.3) is 0 Å². The predicted molar refractivity (Wildman–Crippen MR) is 154 cm³/mol. The highest BCUT2D eigenvalue weighted by atomic mass is 32.5. The number of nitrogens with two attached hydrogens (primary N) is 1. The number of nitrogen functional groups attached to an aromatic ring is 1. The van der Waals surface area contributed by atoms with Crippen molar-refractivity contribution in [3.8, 4) is 11.6 Å². The molecule has 4 N–H and O–H groups in total. The van der Waals surface area contributed by atoms with E-state index in [-0.39, 0.29) is 35.7 Å². The first-order valence-corrected chi connectivity index (χ1v) is 15.5. The summed E-state index contributed by atoms with van der Waals surface area (Å²) in [5, 5.41) is 14.1. The third-order valence-electron chi connectivity index (χ3n) is 5.76. The highest BCUT2D eigenvalue weighted by Gasteiger charge is 2.43. The van der Waals surface area contributed by atoms with Crippen LogP contribution < -0.4 is 20.1 Å². The van der Waals surface area contributed by atoms with E-state index in [0.29, 0.717) is 5.75 Å². The van der Waals surface area contributed by atoms with Crippen molar-refractivity contribution in [3.63, 3.8) is 0 Å². The third-order valence-corrected chi connectivity index (χ3v) is 8.26. The minimum Gasteiger partial charge on any atom is -0.476 e. The van der Waals surface area contributed by atoms with Crippen LogP contribution in [0.15, 0.2) is 36.7 Å². The van der Waals surface area contributed by atoms with Crippen molar-refractivity contribution in [2.45, 2.75) is 64.8 Å². The lowest BCUT2D eigenvalue weighted by Gasteiger charge is -2.34. The molecule has 226 valence electrons. The number of halogens is 1.